The number of hydrogen-bond donors (Lipinski definition) is 3. The summed E-state index contributed by atoms with van der Waals surface area (Å²) in [5, 5.41) is 13.3. The Labute approximate surface area is 230 Å². The quantitative estimate of drug-likeness (QED) is 0.255. The molecule has 0 fully saturated rings. The van der Waals surface area contributed by atoms with E-state index < -0.39 is 21.1 Å². The van der Waals surface area contributed by atoms with Crippen molar-refractivity contribution in [2.24, 2.45) is 0 Å². The molecule has 0 aromatic heterocycles. The number of phenolic OH excluding ortho intramolecular Hbond substituents is 1. The molecule has 2 aliphatic rings. The fourth-order valence-electron chi connectivity index (χ4n) is 5.50. The third kappa shape index (κ3) is 5.17. The van der Waals surface area contributed by atoms with Gasteiger partial charge in [0.25, 0.3) is 16.0 Å². The lowest BCUT2D eigenvalue weighted by molar-refractivity contribution is -0.443. The van der Waals surface area contributed by atoms with Crippen LogP contribution in [0.15, 0.2) is 23.1 Å². The molecule has 1 unspecified atom stereocenters. The summed E-state index contributed by atoms with van der Waals surface area (Å²) >= 11 is 0. The van der Waals surface area contributed by atoms with Crippen LogP contribution in [-0.4, -0.2) is 66.2 Å². The van der Waals surface area contributed by atoms with E-state index in [4.69, 9.17) is 9.47 Å². The highest BCUT2D eigenvalue weighted by Crippen LogP contribution is 2.43. The van der Waals surface area contributed by atoms with Gasteiger partial charge in [0.15, 0.2) is 17.9 Å². The number of benzene rings is 2. The fraction of sp³-hybridized carbons (Fsp3) is 0.517. The molecule has 2 aromatic rings. The highest BCUT2D eigenvalue weighted by atomic mass is 32.2. The number of phenols is 1. The van der Waals surface area contributed by atoms with E-state index in [9.17, 15) is 22.9 Å². The lowest BCUT2D eigenvalue weighted by Gasteiger charge is -2.36. The second kappa shape index (κ2) is 10.2. The van der Waals surface area contributed by atoms with Crippen LogP contribution < -0.4 is 10.1 Å². The van der Waals surface area contributed by atoms with Gasteiger partial charge in [0, 0.05) is 37.1 Å². The van der Waals surface area contributed by atoms with Crippen molar-refractivity contribution in [1.29, 1.82) is 0 Å². The van der Waals surface area contributed by atoms with Gasteiger partial charge in [-0.3, -0.25) is 9.35 Å². The Morgan fingerprint density at radius 3 is 2.46 bits per heavy atom. The van der Waals surface area contributed by atoms with E-state index in [0.717, 1.165) is 39.2 Å². The van der Waals surface area contributed by atoms with Crippen molar-refractivity contribution < 1.29 is 36.9 Å². The molecule has 0 bridgehead atoms. The lowest BCUT2D eigenvalue weighted by atomic mass is 9.82. The third-order valence-electron chi connectivity index (χ3n) is 8.53. The number of ether oxygens (including phenoxy) is 2. The predicted octanol–water partition coefficient (Wildman–Crippen LogP) is 3.88. The Morgan fingerprint density at radius 2 is 1.79 bits per heavy atom. The van der Waals surface area contributed by atoms with Gasteiger partial charge in [-0.05, 0) is 76.8 Å². The normalized spacial score (nSPS) is 19.9. The van der Waals surface area contributed by atoms with Crippen LogP contribution in [0.5, 0.6) is 11.5 Å². The molecule has 0 saturated heterocycles. The Kier molecular flexibility index (Phi) is 7.61. The third-order valence-corrected chi connectivity index (χ3v) is 9.38. The molecule has 10 heteroatoms. The minimum atomic E-state index is -4.28. The Bertz CT molecular complexity index is 1480. The molecule has 39 heavy (non-hydrogen) atoms. The van der Waals surface area contributed by atoms with E-state index in [1.54, 1.807) is 13.0 Å². The van der Waals surface area contributed by atoms with E-state index in [1.165, 1.54) is 12.1 Å². The van der Waals surface area contributed by atoms with Crippen LogP contribution in [0.2, 0.25) is 0 Å². The molecule has 3 N–H and O–H groups in total. The first kappa shape index (κ1) is 29.0. The molecule has 9 nitrogen and oxygen atoms in total. The van der Waals surface area contributed by atoms with Crippen LogP contribution in [0, 0.1) is 20.8 Å². The monoisotopic (exact) mass is 559 g/mol. The highest BCUT2D eigenvalue weighted by Gasteiger charge is 2.44. The molecule has 4 rings (SSSR count). The molecular formula is C29H39N2O7S+. The minimum Gasteiger partial charge on any atom is -0.507 e. The van der Waals surface area contributed by atoms with Crippen molar-refractivity contribution in [2.75, 3.05) is 26.3 Å². The second-order valence-electron chi connectivity index (χ2n) is 11.2. The molecule has 2 aromatic carbocycles. The number of rotatable bonds is 8. The molecule has 2 heterocycles. The van der Waals surface area contributed by atoms with Crippen LogP contribution in [0.1, 0.15) is 61.9 Å². The van der Waals surface area contributed by atoms with Crippen LogP contribution in [0.4, 0.5) is 5.69 Å². The van der Waals surface area contributed by atoms with Gasteiger partial charge in [0.2, 0.25) is 5.69 Å². The zero-order valence-electron chi connectivity index (χ0n) is 23.8. The first-order valence-corrected chi connectivity index (χ1v) is 14.6. The summed E-state index contributed by atoms with van der Waals surface area (Å²) in [4.78, 5) is 12.9. The van der Waals surface area contributed by atoms with Gasteiger partial charge in [0.1, 0.15) is 18.1 Å². The number of carbonyl (C=O) groups excluding carboxylic acids is 1. The van der Waals surface area contributed by atoms with Gasteiger partial charge in [0.05, 0.1) is 16.9 Å². The number of hydrogen-bond acceptors (Lipinski definition) is 6. The average Bonchev–Trinajstić information content (AvgIpc) is 3.07. The van der Waals surface area contributed by atoms with Crippen LogP contribution in [0.3, 0.4) is 0 Å². The van der Waals surface area contributed by atoms with Crippen molar-refractivity contribution in [3.63, 3.8) is 0 Å². The highest BCUT2D eigenvalue weighted by molar-refractivity contribution is 7.85. The summed E-state index contributed by atoms with van der Waals surface area (Å²) in [6, 6.07) is 4.65. The van der Waals surface area contributed by atoms with Crippen LogP contribution >= 0.6 is 0 Å². The van der Waals surface area contributed by atoms with Gasteiger partial charge in [-0.15, -0.1) is 0 Å². The molecule has 0 saturated carbocycles. The van der Waals surface area contributed by atoms with Crippen molar-refractivity contribution in [3.8, 4) is 11.5 Å². The summed E-state index contributed by atoms with van der Waals surface area (Å²) in [5.41, 5.74) is 4.74. The maximum absolute atomic E-state index is 13.1. The molecule has 0 aliphatic carbocycles. The Morgan fingerprint density at radius 1 is 1.10 bits per heavy atom. The standard InChI is InChI=1S/C29H38N2O7S/c1-17-18(2)26-22(19(3)25(17)32)10-11-29(7,38-26)27(33)30-12-14-37-15-13-31-20(4)28(5,6)23-16-21(39(34,35)36)8-9-24(23)31/h8-9,16H,10-15H2,1-7H3,(H2-,30,32,33,34,35,36)/p+1. The SMILES string of the molecule is CC1=[N+](CCOCCNC(=O)C2(C)CCc3c(C)c(O)c(C)c(C)c3O2)c2ccc(S(=O)(=O)O)cc2C1(C)C. The van der Waals surface area contributed by atoms with Crippen molar-refractivity contribution >= 4 is 27.4 Å². The van der Waals surface area contributed by atoms with Crippen LogP contribution in [0.25, 0.3) is 0 Å². The molecule has 1 amide bonds. The zero-order valence-corrected chi connectivity index (χ0v) is 24.6. The summed E-state index contributed by atoms with van der Waals surface area (Å²) in [6.07, 6.45) is 1.15. The summed E-state index contributed by atoms with van der Waals surface area (Å²) in [6.45, 7) is 15.1. The number of aromatic hydroxyl groups is 1. The summed E-state index contributed by atoms with van der Waals surface area (Å²) in [5.74, 6) is 0.775. The van der Waals surface area contributed by atoms with E-state index in [-0.39, 0.29) is 16.6 Å². The maximum Gasteiger partial charge on any atom is 0.294 e. The smallest absolute Gasteiger partial charge is 0.294 e. The van der Waals surface area contributed by atoms with Gasteiger partial charge >= 0.3 is 0 Å². The van der Waals surface area contributed by atoms with Crippen molar-refractivity contribution in [2.45, 2.75) is 77.2 Å². The second-order valence-corrected chi connectivity index (χ2v) is 12.7. The fourth-order valence-corrected chi connectivity index (χ4v) is 6.01. The van der Waals surface area contributed by atoms with Crippen molar-refractivity contribution in [3.05, 3.63) is 46.0 Å². The van der Waals surface area contributed by atoms with Gasteiger partial charge in [-0.2, -0.15) is 13.0 Å². The van der Waals surface area contributed by atoms with Crippen molar-refractivity contribution in [1.82, 2.24) is 5.32 Å². The number of nitrogens with one attached hydrogen (secondary N) is 1. The molecule has 0 spiro atoms. The molecule has 2 aliphatic heterocycles. The topological polar surface area (TPSA) is 125 Å². The number of amides is 1. The first-order chi connectivity index (χ1) is 18.1. The van der Waals surface area contributed by atoms with Gasteiger partial charge < -0.3 is 19.9 Å². The molecule has 0 radical (unpaired) electrons. The largest absolute Gasteiger partial charge is 0.507 e. The summed E-state index contributed by atoms with van der Waals surface area (Å²) < 4.78 is 46.9. The lowest BCUT2D eigenvalue weighted by Crippen LogP contribution is -2.51. The first-order valence-electron chi connectivity index (χ1n) is 13.2. The van der Waals surface area contributed by atoms with Crippen LogP contribution in [-0.2, 0) is 31.5 Å². The Balaban J connectivity index is 1.32. The minimum absolute atomic E-state index is 0.117. The van der Waals surface area contributed by atoms with E-state index in [2.05, 4.69) is 9.89 Å². The Hall–Kier alpha value is -2.95. The molecule has 212 valence electrons. The molecular weight excluding hydrogens is 520 g/mol. The van der Waals surface area contributed by atoms with E-state index in [1.807, 2.05) is 41.5 Å². The number of carbonyl (C=O) groups is 1. The predicted molar refractivity (Wildman–Crippen MR) is 148 cm³/mol. The van der Waals surface area contributed by atoms with Gasteiger partial charge in [-0.1, -0.05) is 0 Å². The maximum atomic E-state index is 13.1. The zero-order chi connectivity index (χ0) is 28.9. The van der Waals surface area contributed by atoms with E-state index in [0.29, 0.717) is 44.9 Å². The average molecular weight is 560 g/mol. The van der Waals surface area contributed by atoms with E-state index >= 15 is 0 Å². The molecule has 1 atom stereocenters. The summed E-state index contributed by atoms with van der Waals surface area (Å²) in [7, 11) is -4.28. The van der Waals surface area contributed by atoms with Gasteiger partial charge in [-0.25, -0.2) is 0 Å². The number of nitrogens with zero attached hydrogens (tertiary/aromatic N) is 1. The number of fused-ring (bicyclic) bond motifs is 2.